The van der Waals surface area contributed by atoms with Crippen molar-refractivity contribution in [3.05, 3.63) is 29.3 Å². The number of morpholine rings is 1. The number of nitrogens with one attached hydrogen (secondary N) is 2. The normalized spacial score (nSPS) is 24.3. The average Bonchev–Trinajstić information content (AvgIpc) is 2.90. The lowest BCUT2D eigenvalue weighted by Crippen LogP contribution is -2.48. The van der Waals surface area contributed by atoms with Gasteiger partial charge in [0.1, 0.15) is 0 Å². The molecule has 1 amide bonds. The second kappa shape index (κ2) is 5.78. The first-order valence-electron chi connectivity index (χ1n) is 8.06. The average molecular weight is 331 g/mol. The third kappa shape index (κ3) is 2.71. The van der Waals surface area contributed by atoms with Gasteiger partial charge in [0.05, 0.1) is 23.9 Å². The van der Waals surface area contributed by atoms with Gasteiger partial charge in [-0.25, -0.2) is 0 Å². The number of carbonyl (C=O) groups is 1. The predicted molar refractivity (Wildman–Crippen MR) is 93.1 cm³/mol. The van der Waals surface area contributed by atoms with Crippen LogP contribution in [-0.2, 0) is 11.3 Å². The van der Waals surface area contributed by atoms with Gasteiger partial charge in [0.15, 0.2) is 0 Å². The highest BCUT2D eigenvalue weighted by atomic mass is 32.1. The molecule has 2 aromatic rings. The molecule has 0 spiro atoms. The standard InChI is InChI=1S/C17H21N3O2S/c1-10-7-20(8-11(2)22-10)17(21)12-3-4-13-14-6-18-9-19-16(14)23-15(13)5-12/h3-5,10-11,18-19H,6-9H2,1-2H3/t10-,11+. The molecule has 1 aromatic heterocycles. The summed E-state index contributed by atoms with van der Waals surface area (Å²) < 4.78 is 6.89. The largest absolute Gasteiger partial charge is 0.372 e. The lowest BCUT2D eigenvalue weighted by Gasteiger charge is -2.35. The van der Waals surface area contributed by atoms with Crippen LogP contribution in [0.3, 0.4) is 0 Å². The van der Waals surface area contributed by atoms with Crippen LogP contribution < -0.4 is 10.6 Å². The monoisotopic (exact) mass is 331 g/mol. The minimum Gasteiger partial charge on any atom is -0.372 e. The van der Waals surface area contributed by atoms with E-state index in [0.717, 1.165) is 18.8 Å². The van der Waals surface area contributed by atoms with Gasteiger partial charge >= 0.3 is 0 Å². The molecule has 0 bridgehead atoms. The van der Waals surface area contributed by atoms with Gasteiger partial charge in [-0.3, -0.25) is 10.1 Å². The van der Waals surface area contributed by atoms with Gasteiger partial charge in [-0.1, -0.05) is 6.07 Å². The van der Waals surface area contributed by atoms with Crippen molar-refractivity contribution in [1.29, 1.82) is 0 Å². The summed E-state index contributed by atoms with van der Waals surface area (Å²) in [7, 11) is 0. The minimum atomic E-state index is 0.0933. The zero-order chi connectivity index (χ0) is 16.0. The first kappa shape index (κ1) is 14.9. The van der Waals surface area contributed by atoms with Gasteiger partial charge < -0.3 is 15.0 Å². The summed E-state index contributed by atoms with van der Waals surface area (Å²) in [5.74, 6) is 0.103. The number of ether oxygens (including phenoxy) is 1. The van der Waals surface area contributed by atoms with Crippen molar-refractivity contribution >= 4 is 32.3 Å². The van der Waals surface area contributed by atoms with Gasteiger partial charge in [0, 0.05) is 35.5 Å². The highest BCUT2D eigenvalue weighted by Crippen LogP contribution is 2.37. The first-order valence-corrected chi connectivity index (χ1v) is 8.88. The quantitative estimate of drug-likeness (QED) is 0.843. The Morgan fingerprint density at radius 1 is 1.30 bits per heavy atom. The fourth-order valence-corrected chi connectivity index (χ4v) is 4.61. The molecular weight excluding hydrogens is 310 g/mol. The van der Waals surface area contributed by atoms with Crippen molar-refractivity contribution in [1.82, 2.24) is 10.2 Å². The van der Waals surface area contributed by atoms with Gasteiger partial charge in [-0.05, 0) is 31.4 Å². The Morgan fingerprint density at radius 3 is 2.87 bits per heavy atom. The summed E-state index contributed by atoms with van der Waals surface area (Å²) in [6.45, 7) is 7.04. The molecule has 0 aliphatic carbocycles. The number of amides is 1. The lowest BCUT2D eigenvalue weighted by molar-refractivity contribution is -0.0586. The molecular formula is C17H21N3O2S. The molecule has 0 unspecified atom stereocenters. The van der Waals surface area contributed by atoms with Crippen LogP contribution in [0.1, 0.15) is 29.8 Å². The molecule has 4 rings (SSSR count). The van der Waals surface area contributed by atoms with Crippen LogP contribution in [0.5, 0.6) is 0 Å². The molecule has 2 N–H and O–H groups in total. The summed E-state index contributed by atoms with van der Waals surface area (Å²) in [5, 5.41) is 9.16. The summed E-state index contributed by atoms with van der Waals surface area (Å²) >= 11 is 1.73. The molecule has 3 heterocycles. The van der Waals surface area contributed by atoms with E-state index in [1.807, 2.05) is 30.9 Å². The summed E-state index contributed by atoms with van der Waals surface area (Å²) in [5.41, 5.74) is 2.08. The van der Waals surface area contributed by atoms with Crippen molar-refractivity contribution in [2.45, 2.75) is 32.6 Å². The van der Waals surface area contributed by atoms with E-state index in [2.05, 4.69) is 16.7 Å². The maximum Gasteiger partial charge on any atom is 0.254 e. The molecule has 1 saturated heterocycles. The zero-order valence-corrected chi connectivity index (χ0v) is 14.2. The Bertz CT molecular complexity index is 748. The minimum absolute atomic E-state index is 0.0933. The van der Waals surface area contributed by atoms with Crippen LogP contribution in [0.25, 0.3) is 10.1 Å². The molecule has 0 radical (unpaired) electrons. The van der Waals surface area contributed by atoms with Crippen LogP contribution in [0, 0.1) is 0 Å². The van der Waals surface area contributed by atoms with Crippen molar-refractivity contribution in [3.63, 3.8) is 0 Å². The second-order valence-corrected chi connectivity index (χ2v) is 7.42. The molecule has 2 atom stereocenters. The van der Waals surface area contributed by atoms with E-state index in [1.54, 1.807) is 11.3 Å². The summed E-state index contributed by atoms with van der Waals surface area (Å²) in [6.07, 6.45) is 0.187. The SMILES string of the molecule is C[C@@H]1CN(C(=O)c2ccc3c4c(sc3c2)NCNC4)C[C@H](C)O1. The van der Waals surface area contributed by atoms with Crippen LogP contribution in [0.4, 0.5) is 5.00 Å². The predicted octanol–water partition coefficient (Wildman–Crippen LogP) is 2.62. The molecule has 23 heavy (non-hydrogen) atoms. The van der Waals surface area contributed by atoms with E-state index in [4.69, 9.17) is 4.74 Å². The smallest absolute Gasteiger partial charge is 0.254 e. The topological polar surface area (TPSA) is 53.6 Å². The Labute approximate surface area is 139 Å². The number of fused-ring (bicyclic) bond motifs is 3. The molecule has 5 nitrogen and oxygen atoms in total. The lowest BCUT2D eigenvalue weighted by atomic mass is 10.1. The third-order valence-corrected chi connectivity index (χ3v) is 5.57. The number of hydrogen-bond donors (Lipinski definition) is 2. The fraction of sp³-hybridized carbons (Fsp3) is 0.471. The molecule has 1 aromatic carbocycles. The molecule has 2 aliphatic rings. The zero-order valence-electron chi connectivity index (χ0n) is 13.4. The Hall–Kier alpha value is -1.63. The number of rotatable bonds is 1. The van der Waals surface area contributed by atoms with E-state index in [0.29, 0.717) is 13.1 Å². The number of anilines is 1. The number of thiophene rings is 1. The van der Waals surface area contributed by atoms with Crippen LogP contribution >= 0.6 is 11.3 Å². The fourth-order valence-electron chi connectivity index (χ4n) is 3.46. The Kier molecular flexibility index (Phi) is 3.75. The van der Waals surface area contributed by atoms with E-state index in [1.165, 1.54) is 20.7 Å². The number of carbonyl (C=O) groups excluding carboxylic acids is 1. The molecule has 2 aliphatic heterocycles. The van der Waals surface area contributed by atoms with E-state index >= 15 is 0 Å². The van der Waals surface area contributed by atoms with Crippen molar-refractivity contribution in [2.75, 3.05) is 25.1 Å². The second-order valence-electron chi connectivity index (χ2n) is 6.37. The Morgan fingerprint density at radius 2 is 2.09 bits per heavy atom. The van der Waals surface area contributed by atoms with E-state index in [9.17, 15) is 4.79 Å². The molecule has 1 fully saturated rings. The van der Waals surface area contributed by atoms with Crippen molar-refractivity contribution < 1.29 is 9.53 Å². The van der Waals surface area contributed by atoms with Gasteiger partial charge in [-0.15, -0.1) is 11.3 Å². The van der Waals surface area contributed by atoms with E-state index < -0.39 is 0 Å². The molecule has 0 saturated carbocycles. The molecule has 122 valence electrons. The van der Waals surface area contributed by atoms with Crippen molar-refractivity contribution in [3.8, 4) is 0 Å². The summed E-state index contributed by atoms with van der Waals surface area (Å²) in [4.78, 5) is 14.7. The highest BCUT2D eigenvalue weighted by Gasteiger charge is 2.27. The van der Waals surface area contributed by atoms with Gasteiger partial charge in [-0.2, -0.15) is 0 Å². The number of benzene rings is 1. The highest BCUT2D eigenvalue weighted by molar-refractivity contribution is 7.23. The van der Waals surface area contributed by atoms with Gasteiger partial charge in [0.2, 0.25) is 0 Å². The van der Waals surface area contributed by atoms with E-state index in [-0.39, 0.29) is 18.1 Å². The van der Waals surface area contributed by atoms with Crippen LogP contribution in [-0.4, -0.2) is 42.8 Å². The molecule has 6 heteroatoms. The van der Waals surface area contributed by atoms with Crippen LogP contribution in [0.15, 0.2) is 18.2 Å². The van der Waals surface area contributed by atoms with Crippen LogP contribution in [0.2, 0.25) is 0 Å². The van der Waals surface area contributed by atoms with Gasteiger partial charge in [0.25, 0.3) is 5.91 Å². The first-order chi connectivity index (χ1) is 11.1. The Balaban J connectivity index is 1.65. The van der Waals surface area contributed by atoms with Crippen molar-refractivity contribution in [2.24, 2.45) is 0 Å². The number of nitrogens with zero attached hydrogens (tertiary/aromatic N) is 1. The maximum absolute atomic E-state index is 12.8. The maximum atomic E-state index is 12.8. The number of hydrogen-bond acceptors (Lipinski definition) is 5. The third-order valence-electron chi connectivity index (χ3n) is 4.42. The summed E-state index contributed by atoms with van der Waals surface area (Å²) in [6, 6.07) is 6.07.